The van der Waals surface area contributed by atoms with Gasteiger partial charge in [-0.25, -0.2) is 0 Å². The van der Waals surface area contributed by atoms with Crippen molar-refractivity contribution in [2.75, 3.05) is 18.0 Å². The summed E-state index contributed by atoms with van der Waals surface area (Å²) in [6.07, 6.45) is 5.28. The fourth-order valence-corrected chi connectivity index (χ4v) is 2.48. The van der Waals surface area contributed by atoms with E-state index in [0.29, 0.717) is 18.0 Å². The van der Waals surface area contributed by atoms with Crippen LogP contribution in [-0.2, 0) is 4.79 Å². The molecule has 2 aromatic heterocycles. The average molecular weight is 262 g/mol. The highest BCUT2D eigenvalue weighted by Crippen LogP contribution is 2.25. The van der Waals surface area contributed by atoms with Gasteiger partial charge in [0.15, 0.2) is 11.5 Å². The molecule has 0 saturated carbocycles. The van der Waals surface area contributed by atoms with E-state index in [1.54, 1.807) is 16.9 Å². The van der Waals surface area contributed by atoms with Crippen molar-refractivity contribution in [1.29, 1.82) is 0 Å². The van der Waals surface area contributed by atoms with Gasteiger partial charge in [0.2, 0.25) is 0 Å². The monoisotopic (exact) mass is 262 g/mol. The highest BCUT2D eigenvalue weighted by atomic mass is 16.4. The zero-order valence-electron chi connectivity index (χ0n) is 10.3. The van der Waals surface area contributed by atoms with Crippen molar-refractivity contribution in [3.63, 3.8) is 0 Å². The first-order valence-corrected chi connectivity index (χ1v) is 6.23. The Morgan fingerprint density at radius 2 is 2.37 bits per heavy atom. The Labute approximate surface area is 109 Å². The minimum Gasteiger partial charge on any atom is -0.481 e. The van der Waals surface area contributed by atoms with Crippen LogP contribution in [-0.4, -0.2) is 49.2 Å². The van der Waals surface area contributed by atoms with Crippen LogP contribution in [0, 0.1) is 5.92 Å². The van der Waals surface area contributed by atoms with Gasteiger partial charge >= 0.3 is 5.97 Å². The molecular weight excluding hydrogens is 248 g/mol. The maximum Gasteiger partial charge on any atom is 0.303 e. The van der Waals surface area contributed by atoms with Gasteiger partial charge in [0, 0.05) is 19.5 Å². The Morgan fingerprint density at radius 1 is 1.47 bits per heavy atom. The molecule has 3 rings (SSSR count). The molecule has 0 radical (unpaired) electrons. The van der Waals surface area contributed by atoms with Crippen molar-refractivity contribution in [2.45, 2.75) is 19.3 Å². The van der Waals surface area contributed by atoms with Crippen LogP contribution in [0.4, 0.5) is 5.82 Å². The maximum absolute atomic E-state index is 10.6. The van der Waals surface area contributed by atoms with Gasteiger partial charge in [0.1, 0.15) is 0 Å². The lowest BCUT2D eigenvalue weighted by molar-refractivity contribution is -0.137. The summed E-state index contributed by atoms with van der Waals surface area (Å²) in [6, 6.07) is 0. The molecule has 0 amide bonds. The lowest BCUT2D eigenvalue weighted by Gasteiger charge is -2.18. The van der Waals surface area contributed by atoms with Crippen molar-refractivity contribution in [2.24, 2.45) is 5.92 Å². The van der Waals surface area contributed by atoms with Gasteiger partial charge in [0.05, 0.1) is 12.4 Å². The molecule has 0 spiro atoms. The summed E-state index contributed by atoms with van der Waals surface area (Å²) in [5, 5.41) is 20.2. The zero-order chi connectivity index (χ0) is 13.2. The predicted molar refractivity (Wildman–Crippen MR) is 65.8 cm³/mol. The summed E-state index contributed by atoms with van der Waals surface area (Å²) >= 11 is 0. The number of carboxylic acids is 1. The van der Waals surface area contributed by atoms with Crippen LogP contribution in [0.1, 0.15) is 19.3 Å². The Kier molecular flexibility index (Phi) is 2.98. The first kappa shape index (κ1) is 11.8. The number of nitrogens with zero attached hydrogens (tertiary/aromatic N) is 6. The second-order valence-electron chi connectivity index (χ2n) is 4.75. The zero-order valence-corrected chi connectivity index (χ0v) is 10.3. The summed E-state index contributed by atoms with van der Waals surface area (Å²) in [5.74, 6) is 0.533. The number of aromatic nitrogens is 5. The molecule has 3 heterocycles. The predicted octanol–water partition coefficient (Wildman–Crippen LogP) is 0.210. The first-order valence-electron chi connectivity index (χ1n) is 6.23. The van der Waals surface area contributed by atoms with Gasteiger partial charge in [-0.1, -0.05) is 0 Å². The van der Waals surface area contributed by atoms with Gasteiger partial charge in [-0.05, 0) is 29.2 Å². The van der Waals surface area contributed by atoms with E-state index >= 15 is 0 Å². The number of fused-ring (bicyclic) bond motifs is 1. The van der Waals surface area contributed by atoms with E-state index in [0.717, 1.165) is 25.3 Å². The van der Waals surface area contributed by atoms with E-state index in [1.165, 1.54) is 0 Å². The molecule has 1 unspecified atom stereocenters. The summed E-state index contributed by atoms with van der Waals surface area (Å²) in [7, 11) is 0. The molecule has 1 saturated heterocycles. The fourth-order valence-electron chi connectivity index (χ4n) is 2.48. The molecule has 1 fully saturated rings. The summed E-state index contributed by atoms with van der Waals surface area (Å²) in [4.78, 5) is 16.9. The van der Waals surface area contributed by atoms with Gasteiger partial charge in [0.25, 0.3) is 0 Å². The maximum atomic E-state index is 10.6. The minimum absolute atomic E-state index is 0.228. The average Bonchev–Trinajstić information content (AvgIpc) is 3.04. The fraction of sp³-hybridized carbons (Fsp3) is 0.545. The summed E-state index contributed by atoms with van der Waals surface area (Å²) in [6.45, 7) is 1.71. The van der Waals surface area contributed by atoms with Crippen molar-refractivity contribution in [3.05, 3.63) is 12.4 Å². The third-order valence-electron chi connectivity index (χ3n) is 3.47. The van der Waals surface area contributed by atoms with Crippen molar-refractivity contribution in [1.82, 2.24) is 25.0 Å². The Bertz CT molecular complexity index is 598. The van der Waals surface area contributed by atoms with Gasteiger partial charge in [-0.3, -0.25) is 9.78 Å². The third kappa shape index (κ3) is 2.33. The molecule has 1 aliphatic heterocycles. The van der Waals surface area contributed by atoms with E-state index in [1.807, 2.05) is 0 Å². The van der Waals surface area contributed by atoms with Gasteiger partial charge in [-0.2, -0.15) is 4.52 Å². The normalized spacial score (nSPS) is 19.2. The topological polar surface area (TPSA) is 96.5 Å². The van der Waals surface area contributed by atoms with Crippen molar-refractivity contribution in [3.8, 4) is 0 Å². The minimum atomic E-state index is -0.734. The molecule has 2 aromatic rings. The first-order chi connectivity index (χ1) is 9.24. The number of aliphatic carboxylic acids is 1. The number of anilines is 1. The number of carbonyl (C=O) groups is 1. The van der Waals surface area contributed by atoms with Crippen molar-refractivity contribution < 1.29 is 9.90 Å². The SMILES string of the molecule is O=C(O)CCC1CCN(c2cncc3nnnn23)C1. The third-order valence-corrected chi connectivity index (χ3v) is 3.47. The number of rotatable bonds is 4. The lowest BCUT2D eigenvalue weighted by atomic mass is 10.0. The molecule has 8 heteroatoms. The molecule has 1 aliphatic rings. The van der Waals surface area contributed by atoms with E-state index in [9.17, 15) is 4.79 Å². The van der Waals surface area contributed by atoms with Gasteiger partial charge in [-0.15, -0.1) is 5.10 Å². The highest BCUT2D eigenvalue weighted by molar-refractivity contribution is 5.66. The number of hydrogen-bond donors (Lipinski definition) is 1. The highest BCUT2D eigenvalue weighted by Gasteiger charge is 2.25. The van der Waals surface area contributed by atoms with Crippen LogP contribution in [0.25, 0.3) is 5.65 Å². The largest absolute Gasteiger partial charge is 0.481 e. The van der Waals surface area contributed by atoms with Gasteiger partial charge < -0.3 is 10.0 Å². The molecule has 1 N–H and O–H groups in total. The van der Waals surface area contributed by atoms with E-state index < -0.39 is 5.97 Å². The van der Waals surface area contributed by atoms with Crippen LogP contribution < -0.4 is 4.90 Å². The standard InChI is InChI=1S/C11H14N6O2/c18-11(19)2-1-8-3-4-16(7-8)10-6-12-5-9-13-14-15-17(9)10/h5-6,8H,1-4,7H2,(H,18,19). The Hall–Kier alpha value is -2.25. The number of carboxylic acid groups (broad SMARTS) is 1. The quantitative estimate of drug-likeness (QED) is 0.841. The number of hydrogen-bond acceptors (Lipinski definition) is 6. The molecule has 0 aromatic carbocycles. The summed E-state index contributed by atoms with van der Waals surface area (Å²) in [5.41, 5.74) is 0.617. The molecular formula is C11H14N6O2. The van der Waals surface area contributed by atoms with Crippen LogP contribution in [0.5, 0.6) is 0 Å². The Morgan fingerprint density at radius 3 is 3.21 bits per heavy atom. The second kappa shape index (κ2) is 4.79. The van der Waals surface area contributed by atoms with Crippen LogP contribution in [0.3, 0.4) is 0 Å². The lowest BCUT2D eigenvalue weighted by Crippen LogP contribution is -2.23. The van der Waals surface area contributed by atoms with Crippen LogP contribution in [0.15, 0.2) is 12.4 Å². The van der Waals surface area contributed by atoms with Crippen LogP contribution >= 0.6 is 0 Å². The smallest absolute Gasteiger partial charge is 0.303 e. The molecule has 0 aliphatic carbocycles. The second-order valence-corrected chi connectivity index (χ2v) is 4.75. The van der Waals surface area contributed by atoms with E-state index in [4.69, 9.17) is 5.11 Å². The van der Waals surface area contributed by atoms with E-state index in [2.05, 4.69) is 25.4 Å². The molecule has 0 bridgehead atoms. The number of tetrazole rings is 1. The summed E-state index contributed by atoms with van der Waals surface area (Å²) < 4.78 is 1.66. The molecule has 8 nitrogen and oxygen atoms in total. The van der Waals surface area contributed by atoms with E-state index in [-0.39, 0.29) is 6.42 Å². The molecule has 100 valence electrons. The van der Waals surface area contributed by atoms with Crippen molar-refractivity contribution >= 4 is 17.4 Å². The van der Waals surface area contributed by atoms with Crippen LogP contribution in [0.2, 0.25) is 0 Å². The molecule has 1 atom stereocenters. The Balaban J connectivity index is 1.74. The molecule has 19 heavy (non-hydrogen) atoms.